The summed E-state index contributed by atoms with van der Waals surface area (Å²) in [6, 6.07) is 15.0. The van der Waals surface area contributed by atoms with E-state index in [1.165, 1.54) is 47.4 Å². The van der Waals surface area contributed by atoms with Crippen molar-refractivity contribution in [2.24, 2.45) is 0 Å². The lowest BCUT2D eigenvalue weighted by atomic mass is 9.98. The molecule has 2 heterocycles. The molecule has 1 aliphatic rings. The molecule has 0 spiro atoms. The predicted molar refractivity (Wildman–Crippen MR) is 112 cm³/mol. The van der Waals surface area contributed by atoms with Gasteiger partial charge in [0.1, 0.15) is 17.2 Å². The molecule has 7 heteroatoms. The fraction of sp³-hybridized carbons (Fsp3) is 0.0435. The smallest absolute Gasteiger partial charge is 0.295 e. The molecule has 5 rings (SSSR count). The van der Waals surface area contributed by atoms with Crippen molar-refractivity contribution in [3.05, 3.63) is 110 Å². The van der Waals surface area contributed by atoms with Crippen molar-refractivity contribution >= 4 is 38.5 Å². The topological polar surface area (TPSA) is 50.5 Å². The summed E-state index contributed by atoms with van der Waals surface area (Å²) in [5.74, 6) is -1.78. The first kappa shape index (κ1) is 18.7. The molecule has 0 fully saturated rings. The van der Waals surface area contributed by atoms with E-state index in [9.17, 15) is 18.4 Å². The van der Waals surface area contributed by atoms with Crippen LogP contribution in [-0.2, 0) is 0 Å². The third-order valence-electron chi connectivity index (χ3n) is 5.14. The molecule has 4 aromatic rings. The summed E-state index contributed by atoms with van der Waals surface area (Å²) in [6.07, 6.45) is 0. The number of carbonyl (C=O) groups excluding carboxylic acids is 1. The van der Waals surface area contributed by atoms with Crippen LogP contribution in [0.1, 0.15) is 27.7 Å². The molecule has 0 saturated heterocycles. The number of benzene rings is 3. The lowest BCUT2D eigenvalue weighted by Crippen LogP contribution is -2.30. The van der Waals surface area contributed by atoms with E-state index in [2.05, 4.69) is 15.9 Å². The highest BCUT2D eigenvalue weighted by atomic mass is 79.9. The molecule has 4 nitrogen and oxygen atoms in total. The van der Waals surface area contributed by atoms with Crippen LogP contribution >= 0.6 is 15.9 Å². The molecule has 1 atom stereocenters. The first-order chi connectivity index (χ1) is 14.5. The van der Waals surface area contributed by atoms with Crippen molar-refractivity contribution in [2.75, 3.05) is 4.90 Å². The SMILES string of the molecule is O=C1c2oc3ccc(Br)cc3c(=O)c2[C@@H](c2ccccc2F)N1c1ccc(F)cc1. The van der Waals surface area contributed by atoms with Crippen LogP contribution in [0.3, 0.4) is 0 Å². The first-order valence-electron chi connectivity index (χ1n) is 9.05. The predicted octanol–water partition coefficient (Wildman–Crippen LogP) is 5.58. The molecule has 0 aliphatic carbocycles. The van der Waals surface area contributed by atoms with Gasteiger partial charge in [-0.1, -0.05) is 34.1 Å². The van der Waals surface area contributed by atoms with E-state index < -0.39 is 29.0 Å². The molecule has 3 aromatic carbocycles. The van der Waals surface area contributed by atoms with E-state index in [1.807, 2.05) is 0 Å². The maximum atomic E-state index is 14.8. The van der Waals surface area contributed by atoms with E-state index in [4.69, 9.17) is 4.42 Å². The quantitative estimate of drug-likeness (QED) is 0.386. The molecule has 1 aliphatic heterocycles. The largest absolute Gasteiger partial charge is 0.450 e. The summed E-state index contributed by atoms with van der Waals surface area (Å²) in [4.78, 5) is 28.0. The summed E-state index contributed by atoms with van der Waals surface area (Å²) >= 11 is 3.33. The van der Waals surface area contributed by atoms with Gasteiger partial charge in [-0.2, -0.15) is 0 Å². The van der Waals surface area contributed by atoms with Crippen LogP contribution in [0, 0.1) is 11.6 Å². The van der Waals surface area contributed by atoms with E-state index in [0.29, 0.717) is 10.2 Å². The molecule has 0 saturated carbocycles. The Morgan fingerprint density at radius 1 is 0.933 bits per heavy atom. The highest BCUT2D eigenvalue weighted by Crippen LogP contribution is 2.42. The highest BCUT2D eigenvalue weighted by molar-refractivity contribution is 9.10. The molecule has 0 N–H and O–H groups in total. The third kappa shape index (κ3) is 2.77. The van der Waals surface area contributed by atoms with Gasteiger partial charge in [-0.15, -0.1) is 0 Å². The summed E-state index contributed by atoms with van der Waals surface area (Å²) in [5.41, 5.74) is 0.364. The average molecular weight is 468 g/mol. The highest BCUT2D eigenvalue weighted by Gasteiger charge is 2.44. The Labute approximate surface area is 177 Å². The lowest BCUT2D eigenvalue weighted by Gasteiger charge is -2.25. The van der Waals surface area contributed by atoms with Gasteiger partial charge in [0.05, 0.1) is 17.0 Å². The van der Waals surface area contributed by atoms with E-state index in [0.717, 1.165) is 0 Å². The van der Waals surface area contributed by atoms with Gasteiger partial charge in [-0.05, 0) is 48.5 Å². The number of hydrogen-bond acceptors (Lipinski definition) is 3. The number of anilines is 1. The van der Waals surface area contributed by atoms with Crippen LogP contribution < -0.4 is 10.3 Å². The summed E-state index contributed by atoms with van der Waals surface area (Å²) < 4.78 is 34.7. The molecular formula is C23H12BrF2NO3. The molecule has 0 bridgehead atoms. The van der Waals surface area contributed by atoms with Crippen LogP contribution in [0.2, 0.25) is 0 Å². The lowest BCUT2D eigenvalue weighted by molar-refractivity contribution is 0.0970. The van der Waals surface area contributed by atoms with Crippen LogP contribution in [0.4, 0.5) is 14.5 Å². The van der Waals surface area contributed by atoms with Gasteiger partial charge >= 0.3 is 0 Å². The number of rotatable bonds is 2. The zero-order valence-electron chi connectivity index (χ0n) is 15.2. The van der Waals surface area contributed by atoms with Gasteiger partial charge < -0.3 is 4.42 Å². The van der Waals surface area contributed by atoms with Gasteiger partial charge in [0.2, 0.25) is 5.76 Å². The zero-order valence-corrected chi connectivity index (χ0v) is 16.8. The average Bonchev–Trinajstić information content (AvgIpc) is 3.02. The zero-order chi connectivity index (χ0) is 21.0. The third-order valence-corrected chi connectivity index (χ3v) is 5.63. The van der Waals surface area contributed by atoms with Crippen molar-refractivity contribution < 1.29 is 18.0 Å². The van der Waals surface area contributed by atoms with Crippen LogP contribution in [0.5, 0.6) is 0 Å². The number of carbonyl (C=O) groups is 1. The molecule has 1 amide bonds. The standard InChI is InChI=1S/C23H12BrF2NO3/c24-12-5-10-18-16(11-12)21(28)19-20(15-3-1-2-4-17(15)26)27(23(29)22(19)30-18)14-8-6-13(25)7-9-14/h1-11,20H/t20-/m1/s1. The summed E-state index contributed by atoms with van der Waals surface area (Å²) in [6.45, 7) is 0. The van der Waals surface area contributed by atoms with Crippen LogP contribution in [0.25, 0.3) is 11.0 Å². The summed E-state index contributed by atoms with van der Waals surface area (Å²) in [7, 11) is 0. The Morgan fingerprint density at radius 3 is 2.40 bits per heavy atom. The fourth-order valence-electron chi connectivity index (χ4n) is 3.80. The minimum absolute atomic E-state index is 0.0556. The molecule has 1 aromatic heterocycles. The second kappa shape index (κ2) is 6.88. The molecule has 30 heavy (non-hydrogen) atoms. The monoisotopic (exact) mass is 467 g/mol. The first-order valence-corrected chi connectivity index (χ1v) is 9.85. The van der Waals surface area contributed by atoms with Gasteiger partial charge in [0.15, 0.2) is 5.43 Å². The van der Waals surface area contributed by atoms with Crippen LogP contribution in [0.15, 0.2) is 80.4 Å². The minimum atomic E-state index is -1.04. The van der Waals surface area contributed by atoms with E-state index in [-0.39, 0.29) is 27.9 Å². The van der Waals surface area contributed by atoms with Crippen molar-refractivity contribution in [1.82, 2.24) is 0 Å². The number of hydrogen-bond donors (Lipinski definition) is 0. The Hall–Kier alpha value is -3.32. The van der Waals surface area contributed by atoms with Crippen molar-refractivity contribution in [2.45, 2.75) is 6.04 Å². The van der Waals surface area contributed by atoms with E-state index in [1.54, 1.807) is 24.3 Å². The van der Waals surface area contributed by atoms with Crippen molar-refractivity contribution in [3.8, 4) is 0 Å². The normalized spacial score (nSPS) is 15.6. The Kier molecular flexibility index (Phi) is 4.29. The number of fused-ring (bicyclic) bond motifs is 2. The molecule has 148 valence electrons. The Bertz CT molecular complexity index is 1380. The van der Waals surface area contributed by atoms with Crippen molar-refractivity contribution in [3.63, 3.8) is 0 Å². The van der Waals surface area contributed by atoms with Gasteiger partial charge in [-0.25, -0.2) is 8.78 Å². The second-order valence-corrected chi connectivity index (χ2v) is 7.81. The second-order valence-electron chi connectivity index (χ2n) is 6.89. The number of amides is 1. The summed E-state index contributed by atoms with van der Waals surface area (Å²) in [5, 5.41) is 0.276. The van der Waals surface area contributed by atoms with Gasteiger partial charge in [0, 0.05) is 15.7 Å². The fourth-order valence-corrected chi connectivity index (χ4v) is 4.17. The number of nitrogens with zero attached hydrogens (tertiary/aromatic N) is 1. The maximum Gasteiger partial charge on any atom is 0.295 e. The Balaban J connectivity index is 1.84. The van der Waals surface area contributed by atoms with Gasteiger partial charge in [-0.3, -0.25) is 14.5 Å². The molecular weight excluding hydrogens is 456 g/mol. The van der Waals surface area contributed by atoms with Crippen molar-refractivity contribution in [1.29, 1.82) is 0 Å². The Morgan fingerprint density at radius 2 is 1.67 bits per heavy atom. The number of halogens is 3. The molecule has 0 radical (unpaired) electrons. The molecule has 0 unspecified atom stereocenters. The minimum Gasteiger partial charge on any atom is -0.450 e. The maximum absolute atomic E-state index is 14.8. The van der Waals surface area contributed by atoms with Gasteiger partial charge in [0.25, 0.3) is 5.91 Å². The van der Waals surface area contributed by atoms with Crippen LogP contribution in [-0.4, -0.2) is 5.91 Å². The van der Waals surface area contributed by atoms with E-state index >= 15 is 0 Å².